The van der Waals surface area contributed by atoms with E-state index in [2.05, 4.69) is 17.6 Å². The molecule has 1 amide bonds. The van der Waals surface area contributed by atoms with Crippen molar-refractivity contribution in [1.29, 1.82) is 0 Å². The minimum absolute atomic E-state index is 0.128. The van der Waals surface area contributed by atoms with E-state index in [1.54, 1.807) is 0 Å². The molecule has 0 radical (unpaired) electrons. The quantitative estimate of drug-likeness (QED) is 0.641. The van der Waals surface area contributed by atoms with E-state index in [0.717, 1.165) is 45.5 Å². The molecule has 0 aromatic rings. The molecular formula is C12H24N2O2. The molecule has 0 aromatic heterocycles. The predicted molar refractivity (Wildman–Crippen MR) is 64.4 cm³/mol. The van der Waals surface area contributed by atoms with Crippen LogP contribution in [0.4, 0.5) is 0 Å². The molecule has 0 bridgehead atoms. The Labute approximate surface area is 98.1 Å². The molecule has 94 valence electrons. The molecule has 1 saturated heterocycles. The number of hydrogen-bond acceptors (Lipinski definition) is 3. The zero-order valence-electron chi connectivity index (χ0n) is 10.3. The van der Waals surface area contributed by atoms with E-state index in [-0.39, 0.29) is 12.0 Å². The molecule has 4 heteroatoms. The van der Waals surface area contributed by atoms with Crippen molar-refractivity contribution in [3.8, 4) is 0 Å². The van der Waals surface area contributed by atoms with Crippen molar-refractivity contribution < 1.29 is 9.53 Å². The first-order chi connectivity index (χ1) is 7.83. The number of rotatable bonds is 7. The van der Waals surface area contributed by atoms with Crippen LogP contribution in [0.3, 0.4) is 0 Å². The molecule has 2 N–H and O–H groups in total. The summed E-state index contributed by atoms with van der Waals surface area (Å²) in [6.07, 6.45) is 5.04. The van der Waals surface area contributed by atoms with Crippen LogP contribution >= 0.6 is 0 Å². The lowest BCUT2D eigenvalue weighted by Crippen LogP contribution is -2.32. The molecule has 1 atom stereocenters. The summed E-state index contributed by atoms with van der Waals surface area (Å²) < 4.78 is 5.52. The van der Waals surface area contributed by atoms with E-state index in [0.29, 0.717) is 6.42 Å². The van der Waals surface area contributed by atoms with E-state index >= 15 is 0 Å². The maximum atomic E-state index is 11.5. The minimum Gasteiger partial charge on any atom is -0.378 e. The van der Waals surface area contributed by atoms with Gasteiger partial charge < -0.3 is 15.4 Å². The lowest BCUT2D eigenvalue weighted by molar-refractivity contribution is -0.124. The molecule has 0 spiro atoms. The summed E-state index contributed by atoms with van der Waals surface area (Å²) in [4.78, 5) is 11.5. The lowest BCUT2D eigenvalue weighted by Gasteiger charge is -2.21. The van der Waals surface area contributed by atoms with E-state index in [1.807, 2.05) is 0 Å². The van der Waals surface area contributed by atoms with Gasteiger partial charge in [0.05, 0.1) is 12.5 Å². The van der Waals surface area contributed by atoms with Crippen LogP contribution in [0.1, 0.15) is 39.0 Å². The van der Waals surface area contributed by atoms with Crippen LogP contribution in [0.2, 0.25) is 0 Å². The maximum absolute atomic E-state index is 11.5. The van der Waals surface area contributed by atoms with E-state index in [1.165, 1.54) is 6.42 Å². The highest BCUT2D eigenvalue weighted by Crippen LogP contribution is 2.15. The van der Waals surface area contributed by atoms with Gasteiger partial charge in [-0.25, -0.2) is 0 Å². The molecule has 1 aliphatic heterocycles. The lowest BCUT2D eigenvalue weighted by atomic mass is 10.1. The van der Waals surface area contributed by atoms with E-state index < -0.39 is 0 Å². The van der Waals surface area contributed by atoms with Gasteiger partial charge in [0.2, 0.25) is 5.91 Å². The summed E-state index contributed by atoms with van der Waals surface area (Å²) in [6.45, 7) is 5.62. The summed E-state index contributed by atoms with van der Waals surface area (Å²) in [5.41, 5.74) is 0. The Morgan fingerprint density at radius 2 is 2.25 bits per heavy atom. The van der Waals surface area contributed by atoms with E-state index in [9.17, 15) is 4.79 Å². The third kappa shape index (κ3) is 6.08. The van der Waals surface area contributed by atoms with Gasteiger partial charge in [-0.1, -0.05) is 6.92 Å². The summed E-state index contributed by atoms with van der Waals surface area (Å²) >= 11 is 0. The Hall–Kier alpha value is -0.610. The first-order valence-corrected chi connectivity index (χ1v) is 6.42. The number of carbonyl (C=O) groups excluding carboxylic acids is 1. The van der Waals surface area contributed by atoms with E-state index in [4.69, 9.17) is 4.74 Å². The molecule has 0 saturated carbocycles. The molecule has 1 rings (SSSR count). The van der Waals surface area contributed by atoms with Crippen molar-refractivity contribution in [2.45, 2.75) is 45.1 Å². The van der Waals surface area contributed by atoms with Crippen LogP contribution in [0.25, 0.3) is 0 Å². The molecule has 1 aliphatic rings. The summed E-state index contributed by atoms with van der Waals surface area (Å²) in [5.74, 6) is 0.128. The second-order valence-electron chi connectivity index (χ2n) is 4.25. The Morgan fingerprint density at radius 1 is 1.38 bits per heavy atom. The van der Waals surface area contributed by atoms with Crippen molar-refractivity contribution in [3.05, 3.63) is 0 Å². The molecule has 4 nitrogen and oxygen atoms in total. The number of carbonyl (C=O) groups is 1. The highest BCUT2D eigenvalue weighted by atomic mass is 16.5. The molecule has 1 unspecified atom stereocenters. The number of amides is 1. The SMILES string of the molecule is CCNCCCNC(=O)CC1CCCCO1. The van der Waals surface area contributed by atoms with Crippen LogP contribution in [-0.2, 0) is 9.53 Å². The largest absolute Gasteiger partial charge is 0.378 e. The maximum Gasteiger partial charge on any atom is 0.222 e. The van der Waals surface area contributed by atoms with Gasteiger partial charge in [-0.05, 0) is 38.8 Å². The van der Waals surface area contributed by atoms with Crippen LogP contribution in [0.15, 0.2) is 0 Å². The summed E-state index contributed by atoms with van der Waals surface area (Å²) in [7, 11) is 0. The fraction of sp³-hybridized carbons (Fsp3) is 0.917. The second kappa shape index (κ2) is 8.53. The summed E-state index contributed by atoms with van der Waals surface area (Å²) in [5, 5.41) is 6.16. The fourth-order valence-electron chi connectivity index (χ4n) is 1.87. The van der Waals surface area contributed by atoms with Crippen molar-refractivity contribution in [2.24, 2.45) is 0 Å². The first kappa shape index (κ1) is 13.5. The van der Waals surface area contributed by atoms with Gasteiger partial charge in [0.25, 0.3) is 0 Å². The monoisotopic (exact) mass is 228 g/mol. The minimum atomic E-state index is 0.128. The Balaban J connectivity index is 1.97. The topological polar surface area (TPSA) is 50.4 Å². The van der Waals surface area contributed by atoms with Gasteiger partial charge >= 0.3 is 0 Å². The normalized spacial score (nSPS) is 20.7. The van der Waals surface area contributed by atoms with Gasteiger partial charge in [-0.3, -0.25) is 4.79 Å². The molecule has 0 aromatic carbocycles. The van der Waals surface area contributed by atoms with Crippen molar-refractivity contribution in [1.82, 2.24) is 10.6 Å². The molecule has 1 heterocycles. The number of hydrogen-bond donors (Lipinski definition) is 2. The predicted octanol–water partition coefficient (Wildman–Crippen LogP) is 1.06. The third-order valence-corrected chi connectivity index (χ3v) is 2.79. The Kier molecular flexibility index (Phi) is 7.17. The second-order valence-corrected chi connectivity index (χ2v) is 4.25. The highest BCUT2D eigenvalue weighted by molar-refractivity contribution is 5.76. The molecule has 1 fully saturated rings. The average Bonchev–Trinajstić information content (AvgIpc) is 2.30. The smallest absolute Gasteiger partial charge is 0.222 e. The van der Waals surface area contributed by atoms with Crippen molar-refractivity contribution >= 4 is 5.91 Å². The third-order valence-electron chi connectivity index (χ3n) is 2.79. The number of nitrogens with one attached hydrogen (secondary N) is 2. The average molecular weight is 228 g/mol. The van der Waals surface area contributed by atoms with Gasteiger partial charge in [0.15, 0.2) is 0 Å². The highest BCUT2D eigenvalue weighted by Gasteiger charge is 2.16. The Morgan fingerprint density at radius 3 is 2.94 bits per heavy atom. The van der Waals surface area contributed by atoms with Crippen LogP contribution in [0, 0.1) is 0 Å². The van der Waals surface area contributed by atoms with Crippen molar-refractivity contribution in [3.63, 3.8) is 0 Å². The molecular weight excluding hydrogens is 204 g/mol. The molecule has 16 heavy (non-hydrogen) atoms. The van der Waals surface area contributed by atoms with Gasteiger partial charge in [0, 0.05) is 13.2 Å². The van der Waals surface area contributed by atoms with Gasteiger partial charge in [0.1, 0.15) is 0 Å². The van der Waals surface area contributed by atoms with Crippen molar-refractivity contribution in [2.75, 3.05) is 26.2 Å². The standard InChI is InChI=1S/C12H24N2O2/c1-2-13-7-5-8-14-12(15)10-11-6-3-4-9-16-11/h11,13H,2-10H2,1H3,(H,14,15). The molecule has 0 aliphatic carbocycles. The van der Waals surface area contributed by atoms with Gasteiger partial charge in [-0.2, -0.15) is 0 Å². The Bertz CT molecular complexity index is 191. The van der Waals surface area contributed by atoms with Crippen LogP contribution in [-0.4, -0.2) is 38.3 Å². The van der Waals surface area contributed by atoms with Crippen LogP contribution < -0.4 is 10.6 Å². The number of ether oxygens (including phenoxy) is 1. The summed E-state index contributed by atoms with van der Waals surface area (Å²) in [6, 6.07) is 0. The van der Waals surface area contributed by atoms with Crippen LogP contribution in [0.5, 0.6) is 0 Å². The first-order valence-electron chi connectivity index (χ1n) is 6.42. The zero-order chi connectivity index (χ0) is 11.6. The van der Waals surface area contributed by atoms with Gasteiger partial charge in [-0.15, -0.1) is 0 Å². The zero-order valence-corrected chi connectivity index (χ0v) is 10.3. The fourth-order valence-corrected chi connectivity index (χ4v) is 1.87.